The van der Waals surface area contributed by atoms with Crippen molar-refractivity contribution < 1.29 is 0 Å². The molecule has 30 heavy (non-hydrogen) atoms. The van der Waals surface area contributed by atoms with Crippen molar-refractivity contribution in [3.8, 4) is 0 Å². The first-order chi connectivity index (χ1) is 14.3. The number of rotatable bonds is 7. The molecule has 0 atom stereocenters. The number of hydrogen-bond acceptors (Lipinski definition) is 4. The highest BCUT2D eigenvalue weighted by molar-refractivity contribution is 8.22. The highest BCUT2D eigenvalue weighted by atomic mass is 35.7. The van der Waals surface area contributed by atoms with Crippen molar-refractivity contribution in [3.63, 3.8) is 0 Å². The van der Waals surface area contributed by atoms with Crippen LogP contribution in [-0.4, -0.2) is 42.3 Å². The summed E-state index contributed by atoms with van der Waals surface area (Å²) in [4.78, 5) is 6.32. The van der Waals surface area contributed by atoms with Crippen LogP contribution in [0.2, 0.25) is 0 Å². The van der Waals surface area contributed by atoms with E-state index in [0.29, 0.717) is 0 Å². The predicted octanol–water partition coefficient (Wildman–Crippen LogP) is 6.06. The van der Waals surface area contributed by atoms with E-state index in [-0.39, 0.29) is 0 Å². The Labute approximate surface area is 189 Å². The van der Waals surface area contributed by atoms with Crippen molar-refractivity contribution >= 4 is 38.7 Å². The summed E-state index contributed by atoms with van der Waals surface area (Å²) < 4.78 is -0.512. The van der Waals surface area contributed by atoms with E-state index in [1.165, 1.54) is 11.0 Å². The highest BCUT2D eigenvalue weighted by Gasteiger charge is 2.37. The smallest absolute Gasteiger partial charge is 0.106 e. The van der Waals surface area contributed by atoms with Gasteiger partial charge in [-0.1, -0.05) is 36.4 Å². The highest BCUT2D eigenvalue weighted by Crippen LogP contribution is 2.51. The quantitative estimate of drug-likeness (QED) is 0.413. The summed E-state index contributed by atoms with van der Waals surface area (Å²) in [5.74, 6) is 0. The average molecular weight is 440 g/mol. The summed E-state index contributed by atoms with van der Waals surface area (Å²) in [6.07, 6.45) is 0. The van der Waals surface area contributed by atoms with E-state index < -0.39 is 4.75 Å². The molecule has 0 spiro atoms. The van der Waals surface area contributed by atoms with Gasteiger partial charge >= 0.3 is 0 Å². The van der Waals surface area contributed by atoms with Crippen LogP contribution >= 0.6 is 21.7 Å². The van der Waals surface area contributed by atoms with Gasteiger partial charge in [0.25, 0.3) is 0 Å². The number of anilines is 3. The molecule has 3 aromatic carbocycles. The van der Waals surface area contributed by atoms with Crippen molar-refractivity contribution in [2.75, 3.05) is 57.0 Å². The molecule has 0 saturated carbocycles. The summed E-state index contributed by atoms with van der Waals surface area (Å²) >= 11 is 0. The van der Waals surface area contributed by atoms with Gasteiger partial charge < -0.3 is 14.7 Å². The molecule has 0 amide bonds. The number of halogens is 1. The van der Waals surface area contributed by atoms with E-state index in [2.05, 4.69) is 130 Å². The van der Waals surface area contributed by atoms with Crippen molar-refractivity contribution in [1.29, 1.82) is 0 Å². The summed E-state index contributed by atoms with van der Waals surface area (Å²) in [5, 5.41) is 0. The zero-order chi connectivity index (χ0) is 21.9. The third-order valence-electron chi connectivity index (χ3n) is 5.49. The fourth-order valence-corrected chi connectivity index (χ4v) is 5.09. The summed E-state index contributed by atoms with van der Waals surface area (Å²) in [6.45, 7) is 0. The summed E-state index contributed by atoms with van der Waals surface area (Å²) in [5.41, 5.74) is 6.96. The lowest BCUT2D eigenvalue weighted by Gasteiger charge is -2.33. The average Bonchev–Trinajstić information content (AvgIpc) is 2.75. The van der Waals surface area contributed by atoms with Crippen molar-refractivity contribution in [2.45, 2.75) is 4.75 Å². The van der Waals surface area contributed by atoms with E-state index in [4.69, 9.17) is 10.7 Å². The van der Waals surface area contributed by atoms with Gasteiger partial charge in [0.05, 0.1) is 0 Å². The number of benzene rings is 3. The molecule has 0 aliphatic heterocycles. The molecule has 0 N–H and O–H groups in total. The Morgan fingerprint density at radius 1 is 0.500 bits per heavy atom. The number of hydrogen-bond donors (Lipinski definition) is 0. The molecule has 0 fully saturated rings. The van der Waals surface area contributed by atoms with Crippen molar-refractivity contribution in [1.82, 2.24) is 0 Å². The topological polar surface area (TPSA) is 9.72 Å². The van der Waals surface area contributed by atoms with E-state index in [0.717, 1.165) is 33.8 Å². The Morgan fingerprint density at radius 2 is 0.733 bits per heavy atom. The lowest BCUT2D eigenvalue weighted by atomic mass is 9.83. The van der Waals surface area contributed by atoms with Crippen LogP contribution in [0, 0.1) is 0 Å². The molecule has 3 rings (SSSR count). The maximum absolute atomic E-state index is 6.72. The van der Waals surface area contributed by atoms with Gasteiger partial charge in [0, 0.05) is 59.3 Å². The molecule has 0 unspecified atom stereocenters. The summed E-state index contributed by atoms with van der Waals surface area (Å²) in [6, 6.07) is 26.0. The van der Waals surface area contributed by atoms with Crippen LogP contribution in [0.5, 0.6) is 0 Å². The predicted molar refractivity (Wildman–Crippen MR) is 136 cm³/mol. The van der Waals surface area contributed by atoms with E-state index in [9.17, 15) is 0 Å². The molecule has 0 aliphatic carbocycles. The Morgan fingerprint density at radius 3 is 0.900 bits per heavy atom. The Balaban J connectivity index is 2.20. The van der Waals surface area contributed by atoms with E-state index >= 15 is 0 Å². The van der Waals surface area contributed by atoms with Gasteiger partial charge in [0.1, 0.15) is 4.75 Å². The largest absolute Gasteiger partial charge is 0.378 e. The lowest BCUT2D eigenvalue weighted by molar-refractivity contribution is 0.900. The molecular weight excluding hydrogens is 410 g/mol. The van der Waals surface area contributed by atoms with Gasteiger partial charge in [-0.3, -0.25) is 0 Å². The molecule has 0 radical (unpaired) electrons. The Bertz CT molecular complexity index is 824. The van der Waals surface area contributed by atoms with E-state index in [1.54, 1.807) is 0 Å². The Kier molecular flexibility index (Phi) is 6.89. The Hall–Kier alpha value is -2.30. The SMILES string of the molecule is CN(C)c1ccc(C(SCl)(c2ccc(N(C)C)cc2)c2ccc(N(C)C)cc2)cc1. The molecule has 0 aromatic heterocycles. The lowest BCUT2D eigenvalue weighted by Crippen LogP contribution is -2.25. The van der Waals surface area contributed by atoms with Gasteiger partial charge in [0.15, 0.2) is 0 Å². The second-order valence-corrected chi connectivity index (χ2v) is 9.31. The van der Waals surface area contributed by atoms with E-state index in [1.807, 2.05) is 0 Å². The van der Waals surface area contributed by atoms with Gasteiger partial charge in [-0.15, -0.1) is 0 Å². The number of nitrogens with zero attached hydrogens (tertiary/aromatic N) is 3. The zero-order valence-electron chi connectivity index (χ0n) is 18.6. The second-order valence-electron chi connectivity index (χ2n) is 8.08. The molecular formula is C25H30ClN3S. The maximum atomic E-state index is 6.72. The first kappa shape index (κ1) is 22.4. The van der Waals surface area contributed by atoms with Gasteiger partial charge in [-0.2, -0.15) is 0 Å². The summed E-state index contributed by atoms with van der Waals surface area (Å²) in [7, 11) is 20.4. The minimum Gasteiger partial charge on any atom is -0.378 e. The van der Waals surface area contributed by atoms with Crippen LogP contribution < -0.4 is 14.7 Å². The van der Waals surface area contributed by atoms with Crippen LogP contribution in [0.15, 0.2) is 72.8 Å². The molecule has 5 heteroatoms. The fourth-order valence-electron chi connectivity index (χ4n) is 3.62. The fraction of sp³-hybridized carbons (Fsp3) is 0.280. The zero-order valence-corrected chi connectivity index (χ0v) is 20.1. The van der Waals surface area contributed by atoms with Crippen LogP contribution in [0.25, 0.3) is 0 Å². The van der Waals surface area contributed by atoms with Crippen LogP contribution in [0.4, 0.5) is 17.1 Å². The van der Waals surface area contributed by atoms with Crippen LogP contribution in [0.1, 0.15) is 16.7 Å². The van der Waals surface area contributed by atoms with Crippen LogP contribution in [0.3, 0.4) is 0 Å². The third kappa shape index (κ3) is 4.26. The monoisotopic (exact) mass is 439 g/mol. The maximum Gasteiger partial charge on any atom is 0.106 e. The molecule has 0 saturated heterocycles. The van der Waals surface area contributed by atoms with Crippen LogP contribution in [-0.2, 0) is 4.75 Å². The molecule has 0 heterocycles. The molecule has 158 valence electrons. The van der Waals surface area contributed by atoms with Gasteiger partial charge in [-0.25, -0.2) is 0 Å². The van der Waals surface area contributed by atoms with Crippen molar-refractivity contribution in [3.05, 3.63) is 89.5 Å². The molecule has 0 aliphatic rings. The first-order valence-corrected chi connectivity index (χ1v) is 11.6. The molecule has 3 nitrogen and oxygen atoms in total. The minimum absolute atomic E-state index is 0.512. The first-order valence-electron chi connectivity index (χ1n) is 9.93. The van der Waals surface area contributed by atoms with Crippen molar-refractivity contribution in [2.24, 2.45) is 0 Å². The van der Waals surface area contributed by atoms with Gasteiger partial charge in [-0.05, 0) is 74.7 Å². The van der Waals surface area contributed by atoms with Gasteiger partial charge in [0.2, 0.25) is 0 Å². The minimum atomic E-state index is -0.512. The second kappa shape index (κ2) is 9.23. The molecule has 0 bridgehead atoms. The normalized spacial score (nSPS) is 11.3. The third-order valence-corrected chi connectivity index (χ3v) is 7.12. The molecule has 3 aromatic rings. The standard InChI is InChI=1S/C25H30ClN3S/c1-27(2)22-13-7-19(8-14-22)25(30-26,20-9-15-23(16-10-20)28(3)4)21-11-17-24(18-12-21)29(5)6/h7-18H,1-6H3.